The third-order valence-electron chi connectivity index (χ3n) is 5.33. The van der Waals surface area contributed by atoms with Crippen LogP contribution >= 0.6 is 11.6 Å². The number of carbonyl (C=O) groups excluding carboxylic acids is 1. The second kappa shape index (κ2) is 8.32. The van der Waals surface area contributed by atoms with Gasteiger partial charge in [0.05, 0.1) is 24.8 Å². The lowest BCUT2D eigenvalue weighted by Crippen LogP contribution is -2.27. The Hall–Kier alpha value is -3.91. The number of rotatable bonds is 6. The maximum atomic E-state index is 12.8. The van der Waals surface area contributed by atoms with Crippen LogP contribution in [-0.4, -0.2) is 36.8 Å². The third-order valence-corrected chi connectivity index (χ3v) is 5.58. The monoisotopic (exact) mass is 446 g/mol. The molecule has 0 aliphatic carbocycles. The fraction of sp³-hybridized carbons (Fsp3) is 0.130. The molecule has 2 N–H and O–H groups in total. The first-order valence-electron chi connectivity index (χ1n) is 10.1. The van der Waals surface area contributed by atoms with Gasteiger partial charge < -0.3 is 10.3 Å². The van der Waals surface area contributed by atoms with Crippen LogP contribution in [0.5, 0.6) is 0 Å². The predicted molar refractivity (Wildman–Crippen MR) is 123 cm³/mol. The second-order valence-corrected chi connectivity index (χ2v) is 7.85. The standard InChI is InChI=1S/C23H19ClN6O2/c24-16-7-5-15(6-8-16)13-29-14-27-21-19(23(29)32)12-28-30(21)10-9-25-22(31)18-11-26-20-4-2-1-3-17(18)20/h1-8,11-12,14,26H,9-10,13H2,(H,25,31). The summed E-state index contributed by atoms with van der Waals surface area (Å²) < 4.78 is 3.16. The van der Waals surface area contributed by atoms with Crippen molar-refractivity contribution in [2.45, 2.75) is 13.1 Å². The predicted octanol–water partition coefficient (Wildman–Crippen LogP) is 3.21. The molecule has 0 radical (unpaired) electrons. The van der Waals surface area contributed by atoms with Gasteiger partial charge in [-0.25, -0.2) is 9.67 Å². The van der Waals surface area contributed by atoms with Crippen molar-refractivity contribution in [3.63, 3.8) is 0 Å². The molecule has 2 aromatic carbocycles. The number of nitrogens with one attached hydrogen (secondary N) is 2. The van der Waals surface area contributed by atoms with Crippen LogP contribution in [0, 0.1) is 0 Å². The highest BCUT2D eigenvalue weighted by Gasteiger charge is 2.13. The Balaban J connectivity index is 1.29. The quantitative estimate of drug-likeness (QED) is 0.418. The van der Waals surface area contributed by atoms with Crippen LogP contribution in [0.2, 0.25) is 5.02 Å². The number of nitrogens with zero attached hydrogens (tertiary/aromatic N) is 4. The molecular weight excluding hydrogens is 428 g/mol. The summed E-state index contributed by atoms with van der Waals surface area (Å²) >= 11 is 5.92. The SMILES string of the molecule is O=C(NCCn1ncc2c(=O)n(Cc3ccc(Cl)cc3)cnc21)c1c[nH]c2ccccc12. The fourth-order valence-corrected chi connectivity index (χ4v) is 3.82. The highest BCUT2D eigenvalue weighted by Crippen LogP contribution is 2.17. The Labute approximate surface area is 187 Å². The molecule has 32 heavy (non-hydrogen) atoms. The minimum absolute atomic E-state index is 0.168. The zero-order valence-electron chi connectivity index (χ0n) is 17.0. The number of aromatic nitrogens is 5. The Kier molecular flexibility index (Phi) is 5.20. The lowest BCUT2D eigenvalue weighted by molar-refractivity contribution is 0.0953. The summed E-state index contributed by atoms with van der Waals surface area (Å²) in [6.07, 6.45) is 4.74. The first-order chi connectivity index (χ1) is 15.6. The van der Waals surface area contributed by atoms with Gasteiger partial charge in [0.2, 0.25) is 0 Å². The smallest absolute Gasteiger partial charge is 0.264 e. The lowest BCUT2D eigenvalue weighted by atomic mass is 10.1. The van der Waals surface area contributed by atoms with E-state index in [2.05, 4.69) is 20.4 Å². The molecule has 3 heterocycles. The number of amides is 1. The Morgan fingerprint density at radius 1 is 1.09 bits per heavy atom. The summed E-state index contributed by atoms with van der Waals surface area (Å²) in [5, 5.41) is 9.15. The van der Waals surface area contributed by atoms with Crippen molar-refractivity contribution in [1.29, 1.82) is 0 Å². The summed E-state index contributed by atoms with van der Waals surface area (Å²) in [4.78, 5) is 32.9. The maximum Gasteiger partial charge on any atom is 0.264 e. The number of H-pyrrole nitrogens is 1. The van der Waals surface area contributed by atoms with E-state index in [4.69, 9.17) is 11.6 Å². The van der Waals surface area contributed by atoms with Crippen molar-refractivity contribution in [2.75, 3.05) is 6.54 Å². The van der Waals surface area contributed by atoms with Gasteiger partial charge in [0.25, 0.3) is 11.5 Å². The zero-order valence-corrected chi connectivity index (χ0v) is 17.7. The summed E-state index contributed by atoms with van der Waals surface area (Å²) in [6.45, 7) is 1.14. The molecular formula is C23H19ClN6O2. The molecule has 8 nitrogen and oxygen atoms in total. The number of benzene rings is 2. The molecule has 0 atom stereocenters. The molecule has 0 unspecified atom stereocenters. The summed E-state index contributed by atoms with van der Waals surface area (Å²) in [6, 6.07) is 15.0. The minimum Gasteiger partial charge on any atom is -0.360 e. The molecule has 0 bridgehead atoms. The van der Waals surface area contributed by atoms with Crippen molar-refractivity contribution in [3.8, 4) is 0 Å². The molecule has 0 saturated carbocycles. The molecule has 5 aromatic rings. The Morgan fingerprint density at radius 3 is 2.75 bits per heavy atom. The topological polar surface area (TPSA) is 97.6 Å². The summed E-state index contributed by atoms with van der Waals surface area (Å²) in [5.74, 6) is -0.169. The van der Waals surface area contributed by atoms with E-state index in [1.807, 2.05) is 36.4 Å². The molecule has 3 aromatic heterocycles. The number of aromatic amines is 1. The minimum atomic E-state index is -0.169. The van der Waals surface area contributed by atoms with E-state index in [0.29, 0.717) is 41.3 Å². The number of fused-ring (bicyclic) bond motifs is 2. The van der Waals surface area contributed by atoms with E-state index in [1.165, 1.54) is 17.1 Å². The van der Waals surface area contributed by atoms with Crippen molar-refractivity contribution >= 4 is 39.4 Å². The van der Waals surface area contributed by atoms with Gasteiger partial charge in [0.1, 0.15) is 11.7 Å². The van der Waals surface area contributed by atoms with Gasteiger partial charge in [0, 0.05) is 28.7 Å². The molecule has 0 spiro atoms. The van der Waals surface area contributed by atoms with Crippen LogP contribution in [0.3, 0.4) is 0 Å². The highest BCUT2D eigenvalue weighted by atomic mass is 35.5. The lowest BCUT2D eigenvalue weighted by Gasteiger charge is -2.07. The Morgan fingerprint density at radius 2 is 1.91 bits per heavy atom. The molecule has 0 aliphatic rings. The first kappa shape index (κ1) is 20.0. The van der Waals surface area contributed by atoms with Crippen LogP contribution in [0.15, 0.2) is 72.0 Å². The fourth-order valence-electron chi connectivity index (χ4n) is 3.69. The van der Waals surface area contributed by atoms with Crippen molar-refractivity contribution in [1.82, 2.24) is 29.6 Å². The van der Waals surface area contributed by atoms with E-state index in [0.717, 1.165) is 16.5 Å². The zero-order chi connectivity index (χ0) is 22.1. The largest absolute Gasteiger partial charge is 0.360 e. The van der Waals surface area contributed by atoms with Crippen LogP contribution in [0.4, 0.5) is 0 Å². The number of para-hydroxylation sites is 1. The molecule has 9 heteroatoms. The number of carbonyl (C=O) groups is 1. The maximum absolute atomic E-state index is 12.8. The van der Waals surface area contributed by atoms with E-state index in [-0.39, 0.29) is 11.5 Å². The summed E-state index contributed by atoms with van der Waals surface area (Å²) in [7, 11) is 0. The van der Waals surface area contributed by atoms with E-state index in [1.54, 1.807) is 23.0 Å². The average Bonchev–Trinajstić information content (AvgIpc) is 3.42. The summed E-state index contributed by atoms with van der Waals surface area (Å²) in [5.41, 5.74) is 2.77. The number of halogens is 1. The average molecular weight is 447 g/mol. The van der Waals surface area contributed by atoms with Gasteiger partial charge in [-0.1, -0.05) is 41.9 Å². The van der Waals surface area contributed by atoms with Gasteiger partial charge >= 0.3 is 0 Å². The highest BCUT2D eigenvalue weighted by molar-refractivity contribution is 6.30. The van der Waals surface area contributed by atoms with Crippen molar-refractivity contribution in [3.05, 3.63) is 93.8 Å². The van der Waals surface area contributed by atoms with Crippen molar-refractivity contribution < 1.29 is 4.79 Å². The van der Waals surface area contributed by atoms with E-state index in [9.17, 15) is 9.59 Å². The van der Waals surface area contributed by atoms with Gasteiger partial charge in [0.15, 0.2) is 5.65 Å². The second-order valence-electron chi connectivity index (χ2n) is 7.41. The van der Waals surface area contributed by atoms with Gasteiger partial charge in [-0.3, -0.25) is 14.2 Å². The van der Waals surface area contributed by atoms with Crippen LogP contribution in [0.1, 0.15) is 15.9 Å². The van der Waals surface area contributed by atoms with Crippen molar-refractivity contribution in [2.24, 2.45) is 0 Å². The van der Waals surface area contributed by atoms with Crippen LogP contribution < -0.4 is 10.9 Å². The molecule has 160 valence electrons. The van der Waals surface area contributed by atoms with E-state index >= 15 is 0 Å². The normalized spacial score (nSPS) is 11.3. The molecule has 0 saturated heterocycles. The van der Waals surface area contributed by atoms with Crippen LogP contribution in [-0.2, 0) is 13.1 Å². The number of hydrogen-bond acceptors (Lipinski definition) is 4. The molecule has 5 rings (SSSR count). The molecule has 0 aliphatic heterocycles. The van der Waals surface area contributed by atoms with Gasteiger partial charge in [-0.15, -0.1) is 0 Å². The molecule has 1 amide bonds. The van der Waals surface area contributed by atoms with Gasteiger partial charge in [-0.2, -0.15) is 5.10 Å². The number of hydrogen-bond donors (Lipinski definition) is 2. The van der Waals surface area contributed by atoms with Gasteiger partial charge in [-0.05, 0) is 23.8 Å². The van der Waals surface area contributed by atoms with Crippen LogP contribution in [0.25, 0.3) is 21.9 Å². The van der Waals surface area contributed by atoms with E-state index < -0.39 is 0 Å². The first-order valence-corrected chi connectivity index (χ1v) is 10.5. The molecule has 0 fully saturated rings. The Bertz CT molecular complexity index is 1480. The third kappa shape index (κ3) is 3.76.